The van der Waals surface area contributed by atoms with E-state index in [1.54, 1.807) is 6.08 Å². The lowest BCUT2D eigenvalue weighted by Crippen LogP contribution is -2.43. The van der Waals surface area contributed by atoms with Crippen LogP contribution in [0.2, 0.25) is 0 Å². The topological polar surface area (TPSA) is 77.9 Å². The van der Waals surface area contributed by atoms with Gasteiger partial charge in [-0.3, -0.25) is 4.79 Å². The number of carboxylic acid groups (broad SMARTS) is 1. The van der Waals surface area contributed by atoms with Crippen LogP contribution in [-0.4, -0.2) is 54.3 Å². The molecule has 0 aromatic rings. The van der Waals surface area contributed by atoms with Gasteiger partial charge in [0.05, 0.1) is 6.42 Å². The normalized spacial score (nSPS) is 16.4. The van der Waals surface area contributed by atoms with Crippen LogP contribution in [0, 0.1) is 0 Å². The Morgan fingerprint density at radius 3 is 2.53 bits per heavy atom. The van der Waals surface area contributed by atoms with Crippen LogP contribution in [0.25, 0.3) is 0 Å². The molecule has 1 aliphatic rings. The number of aliphatic carboxylic acids is 1. The van der Waals surface area contributed by atoms with Gasteiger partial charge < -0.3 is 5.11 Å². The van der Waals surface area contributed by atoms with Crippen molar-refractivity contribution in [1.29, 1.82) is 0 Å². The van der Waals surface area contributed by atoms with E-state index < -0.39 is 16.2 Å². The molecule has 1 N–H and O–H groups in total. The van der Waals surface area contributed by atoms with E-state index in [0.29, 0.717) is 0 Å². The molecule has 7 heteroatoms. The molecule has 1 saturated carbocycles. The smallest absolute Gasteiger partial charge is 0.304 e. The summed E-state index contributed by atoms with van der Waals surface area (Å²) in [6.07, 6.45) is 3.07. The summed E-state index contributed by atoms with van der Waals surface area (Å²) in [5.74, 6) is -1.01. The standard InChI is InChI=1S/C10H18N2O4S/c1-3-7-12(9-4-5-9)17(15,16)11(2)8-6-10(13)14/h3,9H,1,4-8H2,2H3,(H,13,14). The molecule has 1 rings (SSSR count). The Morgan fingerprint density at radius 1 is 1.53 bits per heavy atom. The van der Waals surface area contributed by atoms with Crippen molar-refractivity contribution < 1.29 is 18.3 Å². The number of rotatable bonds is 8. The summed E-state index contributed by atoms with van der Waals surface area (Å²) < 4.78 is 26.7. The molecule has 0 saturated heterocycles. The van der Waals surface area contributed by atoms with E-state index in [9.17, 15) is 13.2 Å². The molecule has 0 spiro atoms. The van der Waals surface area contributed by atoms with Crippen LogP contribution >= 0.6 is 0 Å². The lowest BCUT2D eigenvalue weighted by atomic mass is 10.4. The fourth-order valence-electron chi connectivity index (χ4n) is 1.47. The van der Waals surface area contributed by atoms with Gasteiger partial charge in [-0.25, -0.2) is 0 Å². The second kappa shape index (κ2) is 5.61. The van der Waals surface area contributed by atoms with Crippen LogP contribution in [0.5, 0.6) is 0 Å². The molecule has 0 bridgehead atoms. The summed E-state index contributed by atoms with van der Waals surface area (Å²) in [6, 6.07) is 0.0466. The zero-order chi connectivity index (χ0) is 13.1. The van der Waals surface area contributed by atoms with Gasteiger partial charge in [0.15, 0.2) is 0 Å². The molecule has 98 valence electrons. The number of carboxylic acids is 1. The molecule has 6 nitrogen and oxygen atoms in total. The fourth-order valence-corrected chi connectivity index (χ4v) is 3.03. The van der Waals surface area contributed by atoms with E-state index in [2.05, 4.69) is 6.58 Å². The van der Waals surface area contributed by atoms with E-state index in [4.69, 9.17) is 5.11 Å². The van der Waals surface area contributed by atoms with Gasteiger partial charge in [-0.2, -0.15) is 17.0 Å². The Morgan fingerprint density at radius 2 is 2.12 bits per heavy atom. The quantitative estimate of drug-likeness (QED) is 0.638. The molecular weight excluding hydrogens is 244 g/mol. The zero-order valence-electron chi connectivity index (χ0n) is 9.87. The minimum absolute atomic E-state index is 0.0158. The average molecular weight is 262 g/mol. The molecule has 0 aliphatic heterocycles. The van der Waals surface area contributed by atoms with Gasteiger partial charge >= 0.3 is 5.97 Å². The van der Waals surface area contributed by atoms with Crippen LogP contribution in [0.1, 0.15) is 19.3 Å². The molecule has 0 atom stereocenters. The first kappa shape index (κ1) is 14.1. The third kappa shape index (κ3) is 3.79. The van der Waals surface area contributed by atoms with Crippen molar-refractivity contribution in [1.82, 2.24) is 8.61 Å². The SMILES string of the molecule is C=CCN(C1CC1)S(=O)(=O)N(C)CCC(=O)O. The Kier molecular flexibility index (Phi) is 4.67. The molecule has 0 aromatic carbocycles. The van der Waals surface area contributed by atoms with E-state index in [-0.39, 0.29) is 25.6 Å². The summed E-state index contributed by atoms with van der Waals surface area (Å²) in [5.41, 5.74) is 0. The molecule has 1 fully saturated rings. The van der Waals surface area contributed by atoms with Crippen molar-refractivity contribution in [2.24, 2.45) is 0 Å². The van der Waals surface area contributed by atoms with Crippen LogP contribution in [0.3, 0.4) is 0 Å². The van der Waals surface area contributed by atoms with Crippen LogP contribution in [0.15, 0.2) is 12.7 Å². The van der Waals surface area contributed by atoms with E-state index >= 15 is 0 Å². The molecule has 1 aliphatic carbocycles. The number of hydrogen-bond acceptors (Lipinski definition) is 3. The summed E-state index contributed by atoms with van der Waals surface area (Å²) in [5, 5.41) is 8.54. The maximum atomic E-state index is 12.1. The third-order valence-corrected chi connectivity index (χ3v) is 4.60. The van der Waals surface area contributed by atoms with Crippen molar-refractivity contribution in [2.75, 3.05) is 20.1 Å². The lowest BCUT2D eigenvalue weighted by Gasteiger charge is -2.26. The first-order valence-corrected chi connectivity index (χ1v) is 6.85. The highest BCUT2D eigenvalue weighted by Gasteiger charge is 2.38. The van der Waals surface area contributed by atoms with Crippen LogP contribution in [0.4, 0.5) is 0 Å². The predicted octanol–water partition coefficient (Wildman–Crippen LogP) is 0.288. The summed E-state index contributed by atoms with van der Waals surface area (Å²) in [6.45, 7) is 3.79. The summed E-state index contributed by atoms with van der Waals surface area (Å²) in [7, 11) is -2.16. The van der Waals surface area contributed by atoms with Crippen LogP contribution in [-0.2, 0) is 15.0 Å². The highest BCUT2D eigenvalue weighted by molar-refractivity contribution is 7.86. The maximum Gasteiger partial charge on any atom is 0.304 e. The lowest BCUT2D eigenvalue weighted by molar-refractivity contribution is -0.137. The largest absolute Gasteiger partial charge is 0.481 e. The highest BCUT2D eigenvalue weighted by atomic mass is 32.2. The Bertz CT molecular complexity index is 389. The van der Waals surface area contributed by atoms with Gasteiger partial charge in [0.2, 0.25) is 0 Å². The third-order valence-electron chi connectivity index (χ3n) is 2.59. The first-order chi connectivity index (χ1) is 7.89. The highest BCUT2D eigenvalue weighted by Crippen LogP contribution is 2.29. The molecule has 17 heavy (non-hydrogen) atoms. The second-order valence-corrected chi connectivity index (χ2v) is 6.05. The first-order valence-electron chi connectivity index (χ1n) is 5.45. The molecule has 0 radical (unpaired) electrons. The summed E-state index contributed by atoms with van der Waals surface area (Å²) >= 11 is 0. The van der Waals surface area contributed by atoms with Gasteiger partial charge in [0.25, 0.3) is 10.2 Å². The monoisotopic (exact) mass is 262 g/mol. The molecule has 0 heterocycles. The van der Waals surface area contributed by atoms with E-state index in [1.165, 1.54) is 11.4 Å². The van der Waals surface area contributed by atoms with Gasteiger partial charge in [-0.15, -0.1) is 6.58 Å². The average Bonchev–Trinajstić information content (AvgIpc) is 3.05. The maximum absolute atomic E-state index is 12.1. The van der Waals surface area contributed by atoms with Crippen molar-refractivity contribution in [2.45, 2.75) is 25.3 Å². The van der Waals surface area contributed by atoms with Crippen molar-refractivity contribution in [3.63, 3.8) is 0 Å². The predicted molar refractivity (Wildman–Crippen MR) is 63.7 cm³/mol. The molecule has 0 aromatic heterocycles. The number of hydrogen-bond donors (Lipinski definition) is 1. The minimum Gasteiger partial charge on any atom is -0.481 e. The van der Waals surface area contributed by atoms with Gasteiger partial charge in [-0.05, 0) is 12.8 Å². The Hall–Kier alpha value is -0.920. The Balaban J connectivity index is 2.69. The van der Waals surface area contributed by atoms with Gasteiger partial charge in [0, 0.05) is 26.2 Å². The Labute approximate surface area is 102 Å². The molecular formula is C10H18N2O4S. The van der Waals surface area contributed by atoms with Crippen LogP contribution < -0.4 is 0 Å². The van der Waals surface area contributed by atoms with Gasteiger partial charge in [0.1, 0.15) is 0 Å². The molecule has 0 unspecified atom stereocenters. The van der Waals surface area contributed by atoms with Gasteiger partial charge in [-0.1, -0.05) is 6.08 Å². The second-order valence-electron chi connectivity index (χ2n) is 4.06. The zero-order valence-corrected chi connectivity index (χ0v) is 10.7. The number of carbonyl (C=O) groups is 1. The molecule has 0 amide bonds. The minimum atomic E-state index is -3.56. The summed E-state index contributed by atoms with van der Waals surface area (Å²) in [4.78, 5) is 10.4. The van der Waals surface area contributed by atoms with E-state index in [1.807, 2.05) is 0 Å². The van der Waals surface area contributed by atoms with Crippen molar-refractivity contribution >= 4 is 16.2 Å². The van der Waals surface area contributed by atoms with Crippen molar-refractivity contribution in [3.05, 3.63) is 12.7 Å². The van der Waals surface area contributed by atoms with Crippen molar-refractivity contribution in [3.8, 4) is 0 Å². The number of nitrogens with zero attached hydrogens (tertiary/aromatic N) is 2. The van der Waals surface area contributed by atoms with E-state index in [0.717, 1.165) is 17.1 Å². The fraction of sp³-hybridized carbons (Fsp3) is 0.700.